The molecular formula is C17H23BrClN3O2. The maximum atomic E-state index is 12.5. The van der Waals surface area contributed by atoms with Crippen molar-refractivity contribution in [3.05, 3.63) is 28.7 Å². The van der Waals surface area contributed by atoms with E-state index in [0.717, 1.165) is 29.5 Å². The molecule has 7 heteroatoms. The smallest absolute Gasteiger partial charge is 0.227 e. The third kappa shape index (κ3) is 4.29. The van der Waals surface area contributed by atoms with E-state index >= 15 is 0 Å². The Hall–Kier alpha value is -1.11. The Labute approximate surface area is 157 Å². The molecule has 3 rings (SSSR count). The van der Waals surface area contributed by atoms with E-state index in [1.165, 1.54) is 0 Å². The van der Waals surface area contributed by atoms with Crippen molar-refractivity contribution in [2.75, 3.05) is 18.0 Å². The van der Waals surface area contributed by atoms with Gasteiger partial charge in [-0.15, -0.1) is 12.4 Å². The molecule has 2 aliphatic rings. The molecule has 0 bridgehead atoms. The summed E-state index contributed by atoms with van der Waals surface area (Å²) in [6.45, 7) is 3.56. The number of amides is 2. The van der Waals surface area contributed by atoms with Gasteiger partial charge in [-0.05, 0) is 44.5 Å². The third-order valence-electron chi connectivity index (χ3n) is 4.71. The summed E-state index contributed by atoms with van der Waals surface area (Å²) in [5.74, 6) is -0.259. The quantitative estimate of drug-likeness (QED) is 0.796. The van der Waals surface area contributed by atoms with Crippen LogP contribution in [0.25, 0.3) is 0 Å². The minimum Gasteiger partial charge on any atom is -0.352 e. The molecular weight excluding hydrogens is 394 g/mol. The second kappa shape index (κ2) is 8.32. The van der Waals surface area contributed by atoms with Crippen LogP contribution in [0.4, 0.5) is 5.69 Å². The first-order chi connectivity index (χ1) is 11.0. The Morgan fingerprint density at radius 3 is 2.92 bits per heavy atom. The fraction of sp³-hybridized carbons (Fsp3) is 0.529. The zero-order chi connectivity index (χ0) is 16.4. The molecule has 0 aromatic heterocycles. The van der Waals surface area contributed by atoms with Crippen molar-refractivity contribution in [1.29, 1.82) is 0 Å². The SMILES string of the molecule is CC1NCCCC1NC(=O)C1CC(=O)N(c2cccc(Br)c2)C1.Cl. The van der Waals surface area contributed by atoms with Crippen LogP contribution < -0.4 is 15.5 Å². The molecule has 2 heterocycles. The molecule has 5 nitrogen and oxygen atoms in total. The molecule has 3 atom stereocenters. The van der Waals surface area contributed by atoms with E-state index in [2.05, 4.69) is 33.5 Å². The molecule has 0 radical (unpaired) electrons. The number of carbonyl (C=O) groups excluding carboxylic acids is 2. The summed E-state index contributed by atoms with van der Waals surface area (Å²) in [6, 6.07) is 8.07. The van der Waals surface area contributed by atoms with Crippen molar-refractivity contribution >= 4 is 45.8 Å². The van der Waals surface area contributed by atoms with Crippen LogP contribution in [0.5, 0.6) is 0 Å². The Kier molecular flexibility index (Phi) is 6.66. The number of hydrogen-bond donors (Lipinski definition) is 2. The number of rotatable bonds is 3. The van der Waals surface area contributed by atoms with Gasteiger partial charge in [-0.3, -0.25) is 9.59 Å². The molecule has 132 valence electrons. The zero-order valence-corrected chi connectivity index (χ0v) is 16.0. The number of nitrogens with zero attached hydrogens (tertiary/aromatic N) is 1. The summed E-state index contributed by atoms with van der Waals surface area (Å²) < 4.78 is 0.929. The third-order valence-corrected chi connectivity index (χ3v) is 5.20. The number of piperidine rings is 1. The number of nitrogens with one attached hydrogen (secondary N) is 2. The fourth-order valence-electron chi connectivity index (χ4n) is 3.32. The van der Waals surface area contributed by atoms with E-state index in [-0.39, 0.29) is 48.6 Å². The summed E-state index contributed by atoms with van der Waals surface area (Å²) in [7, 11) is 0. The molecule has 0 aliphatic carbocycles. The first kappa shape index (κ1) is 19.2. The number of anilines is 1. The number of halogens is 2. The summed E-state index contributed by atoms with van der Waals surface area (Å²) in [5, 5.41) is 6.51. The number of benzene rings is 1. The highest BCUT2D eigenvalue weighted by molar-refractivity contribution is 9.10. The van der Waals surface area contributed by atoms with Crippen LogP contribution in [-0.4, -0.2) is 37.0 Å². The van der Waals surface area contributed by atoms with Crippen molar-refractivity contribution in [1.82, 2.24) is 10.6 Å². The van der Waals surface area contributed by atoms with Crippen molar-refractivity contribution in [3.63, 3.8) is 0 Å². The van der Waals surface area contributed by atoms with Gasteiger partial charge in [0.1, 0.15) is 0 Å². The van der Waals surface area contributed by atoms with Gasteiger partial charge in [0.2, 0.25) is 11.8 Å². The molecule has 2 saturated heterocycles. The molecule has 2 aliphatic heterocycles. The van der Waals surface area contributed by atoms with Crippen LogP contribution in [0, 0.1) is 5.92 Å². The molecule has 1 aromatic rings. The van der Waals surface area contributed by atoms with Crippen molar-refractivity contribution in [2.45, 2.75) is 38.3 Å². The number of hydrogen-bond acceptors (Lipinski definition) is 3. The molecule has 2 N–H and O–H groups in total. The average Bonchev–Trinajstić information content (AvgIpc) is 2.92. The van der Waals surface area contributed by atoms with Gasteiger partial charge in [0.25, 0.3) is 0 Å². The van der Waals surface area contributed by atoms with Gasteiger partial charge in [-0.2, -0.15) is 0 Å². The van der Waals surface area contributed by atoms with Gasteiger partial charge in [0.15, 0.2) is 0 Å². The lowest BCUT2D eigenvalue weighted by atomic mass is 9.98. The minimum atomic E-state index is -0.268. The monoisotopic (exact) mass is 415 g/mol. The summed E-state index contributed by atoms with van der Waals surface area (Å²) in [4.78, 5) is 26.5. The molecule has 0 saturated carbocycles. The summed E-state index contributed by atoms with van der Waals surface area (Å²) in [6.07, 6.45) is 2.35. The van der Waals surface area contributed by atoms with Crippen molar-refractivity contribution in [2.24, 2.45) is 5.92 Å². The molecule has 24 heavy (non-hydrogen) atoms. The maximum absolute atomic E-state index is 12.5. The molecule has 0 spiro atoms. The lowest BCUT2D eigenvalue weighted by Crippen LogP contribution is -2.53. The van der Waals surface area contributed by atoms with E-state index in [1.807, 2.05) is 24.3 Å². The predicted octanol–water partition coefficient (Wildman–Crippen LogP) is 2.48. The highest BCUT2D eigenvalue weighted by atomic mass is 79.9. The van der Waals surface area contributed by atoms with E-state index < -0.39 is 0 Å². The maximum Gasteiger partial charge on any atom is 0.227 e. The lowest BCUT2D eigenvalue weighted by molar-refractivity contribution is -0.127. The summed E-state index contributed by atoms with van der Waals surface area (Å²) in [5.41, 5.74) is 0.840. The van der Waals surface area contributed by atoms with E-state index in [4.69, 9.17) is 0 Å². The Balaban J connectivity index is 0.00000208. The van der Waals surface area contributed by atoms with E-state index in [1.54, 1.807) is 4.90 Å². The van der Waals surface area contributed by atoms with Crippen LogP contribution in [0.15, 0.2) is 28.7 Å². The first-order valence-corrected chi connectivity index (χ1v) is 8.93. The normalized spacial score (nSPS) is 26.8. The van der Waals surface area contributed by atoms with Gasteiger partial charge < -0.3 is 15.5 Å². The van der Waals surface area contributed by atoms with Crippen LogP contribution >= 0.6 is 28.3 Å². The molecule has 3 unspecified atom stereocenters. The number of carbonyl (C=O) groups is 2. The topological polar surface area (TPSA) is 61.4 Å². The standard InChI is InChI=1S/C17H22BrN3O2.ClH/c1-11-15(6-3-7-19-11)20-17(23)12-8-16(22)21(10-12)14-5-2-4-13(18)9-14;/h2,4-5,9,11-12,15,19H,3,6-8,10H2,1H3,(H,20,23);1H. The fourth-order valence-corrected chi connectivity index (χ4v) is 3.71. The van der Waals surface area contributed by atoms with Gasteiger partial charge >= 0.3 is 0 Å². The van der Waals surface area contributed by atoms with Gasteiger partial charge in [-0.1, -0.05) is 22.0 Å². The summed E-state index contributed by atoms with van der Waals surface area (Å²) >= 11 is 3.42. The predicted molar refractivity (Wildman–Crippen MR) is 100 cm³/mol. The van der Waals surface area contributed by atoms with Gasteiger partial charge in [0, 0.05) is 35.2 Å². The van der Waals surface area contributed by atoms with E-state index in [9.17, 15) is 9.59 Å². The van der Waals surface area contributed by atoms with Gasteiger partial charge in [0.05, 0.1) is 5.92 Å². The van der Waals surface area contributed by atoms with E-state index in [0.29, 0.717) is 6.54 Å². The minimum absolute atomic E-state index is 0. The largest absolute Gasteiger partial charge is 0.352 e. The molecule has 1 aromatic carbocycles. The van der Waals surface area contributed by atoms with Crippen LogP contribution in [0.3, 0.4) is 0 Å². The molecule has 2 fully saturated rings. The van der Waals surface area contributed by atoms with Crippen LogP contribution in [-0.2, 0) is 9.59 Å². The Bertz CT molecular complexity index is 613. The molecule has 2 amide bonds. The van der Waals surface area contributed by atoms with Crippen molar-refractivity contribution in [3.8, 4) is 0 Å². The second-order valence-electron chi connectivity index (χ2n) is 6.39. The van der Waals surface area contributed by atoms with Crippen molar-refractivity contribution < 1.29 is 9.59 Å². The average molecular weight is 417 g/mol. The van der Waals surface area contributed by atoms with Crippen LogP contribution in [0.1, 0.15) is 26.2 Å². The Morgan fingerprint density at radius 2 is 2.21 bits per heavy atom. The van der Waals surface area contributed by atoms with Gasteiger partial charge in [-0.25, -0.2) is 0 Å². The second-order valence-corrected chi connectivity index (χ2v) is 7.30. The zero-order valence-electron chi connectivity index (χ0n) is 13.6. The lowest BCUT2D eigenvalue weighted by Gasteiger charge is -2.31. The van der Waals surface area contributed by atoms with Crippen LogP contribution in [0.2, 0.25) is 0 Å². The highest BCUT2D eigenvalue weighted by Gasteiger charge is 2.36. The highest BCUT2D eigenvalue weighted by Crippen LogP contribution is 2.27. The first-order valence-electron chi connectivity index (χ1n) is 8.14. The Morgan fingerprint density at radius 1 is 1.42 bits per heavy atom.